The van der Waals surface area contributed by atoms with Crippen LogP contribution in [0.5, 0.6) is 0 Å². The van der Waals surface area contributed by atoms with E-state index in [1.807, 2.05) is 0 Å². The normalized spacial score (nSPS) is 13.0. The maximum absolute atomic E-state index is 11.9. The summed E-state index contributed by atoms with van der Waals surface area (Å²) in [5, 5.41) is 9.99. The molecule has 0 bridgehead atoms. The van der Waals surface area contributed by atoms with Gasteiger partial charge in [-0.2, -0.15) is 5.10 Å². The van der Waals surface area contributed by atoms with Crippen LogP contribution in [0.3, 0.4) is 0 Å². The number of hydrogen-bond donors (Lipinski definition) is 2. The van der Waals surface area contributed by atoms with Crippen molar-refractivity contribution in [2.45, 2.75) is 12.8 Å². The van der Waals surface area contributed by atoms with E-state index in [1.165, 1.54) is 12.8 Å². The second-order valence-electron chi connectivity index (χ2n) is 6.03. The molecule has 0 aliphatic heterocycles. The number of carbonyl (C=O) groups is 1. The Morgan fingerprint density at radius 2 is 2.31 bits per heavy atom. The number of carbonyl (C=O) groups excluding carboxylic acids is 1. The smallest absolute Gasteiger partial charge is 0.320 e. The number of hydrogen-bond acceptors (Lipinski definition) is 4. The molecule has 1 aliphatic carbocycles. The van der Waals surface area contributed by atoms with Crippen molar-refractivity contribution in [3.05, 3.63) is 40.8 Å². The molecule has 1 fully saturated rings. The third-order valence-corrected chi connectivity index (χ3v) is 4.09. The highest BCUT2D eigenvalue weighted by molar-refractivity contribution is 6.30. The summed E-state index contributed by atoms with van der Waals surface area (Å²) in [7, 11) is 1.75. The molecule has 2 amide bonds. The Bertz CT molecular complexity index is 836. The molecular weight excluding hydrogens is 354 g/mol. The minimum absolute atomic E-state index is 0.326. The average molecular weight is 374 g/mol. The molecule has 0 aromatic carbocycles. The summed E-state index contributed by atoms with van der Waals surface area (Å²) in [4.78, 5) is 15.9. The van der Waals surface area contributed by atoms with E-state index in [0.717, 1.165) is 12.5 Å². The molecule has 2 N–H and O–H groups in total. The molecule has 0 unspecified atom stereocenters. The van der Waals surface area contributed by atoms with Crippen LogP contribution < -0.4 is 10.6 Å². The number of ether oxygens (including phenoxy) is 1. The summed E-state index contributed by atoms with van der Waals surface area (Å²) in [5.74, 6) is 7.07. The molecule has 3 rings (SSSR count). The number of nitrogens with one attached hydrogen (secondary N) is 2. The molecule has 0 spiro atoms. The van der Waals surface area contributed by atoms with Crippen LogP contribution in [0.1, 0.15) is 24.1 Å². The number of halogens is 1. The van der Waals surface area contributed by atoms with Gasteiger partial charge in [0.2, 0.25) is 0 Å². The lowest BCUT2D eigenvalue weighted by Gasteiger charge is -2.06. The third-order valence-electron chi connectivity index (χ3n) is 3.79. The quantitative estimate of drug-likeness (QED) is 0.463. The molecule has 2 aromatic rings. The van der Waals surface area contributed by atoms with E-state index in [1.54, 1.807) is 36.1 Å². The van der Waals surface area contributed by atoms with E-state index in [2.05, 4.69) is 32.6 Å². The third kappa shape index (κ3) is 5.48. The lowest BCUT2D eigenvalue weighted by Crippen LogP contribution is -2.31. The van der Waals surface area contributed by atoms with Gasteiger partial charge in [0.05, 0.1) is 12.2 Å². The Morgan fingerprint density at radius 3 is 3.08 bits per heavy atom. The fourth-order valence-corrected chi connectivity index (χ4v) is 2.35. The van der Waals surface area contributed by atoms with Gasteiger partial charge in [-0.25, -0.2) is 9.78 Å². The standard InChI is InChI=1S/C18H20ClN5O2/c1-24-15(7-6-14-3-2-8-20-17(14)19)11-16(23-24)22-18(25)21-9-10-26-12-13-4-5-13/h2-3,8,11,13H,4-5,9-10,12H2,1H3,(H2,21,22,23,25). The van der Waals surface area contributed by atoms with Crippen LogP contribution in [-0.2, 0) is 11.8 Å². The summed E-state index contributed by atoms with van der Waals surface area (Å²) in [6, 6.07) is 4.93. The molecule has 26 heavy (non-hydrogen) atoms. The Balaban J connectivity index is 1.49. The summed E-state index contributed by atoms with van der Waals surface area (Å²) >= 11 is 5.98. The van der Waals surface area contributed by atoms with Crippen LogP contribution in [0.2, 0.25) is 5.15 Å². The number of aryl methyl sites for hydroxylation is 1. The summed E-state index contributed by atoms with van der Waals surface area (Å²) in [6.45, 7) is 1.75. The number of anilines is 1. The van der Waals surface area contributed by atoms with Crippen LogP contribution in [0.4, 0.5) is 10.6 Å². The topological polar surface area (TPSA) is 81.1 Å². The molecule has 2 heterocycles. The first-order valence-electron chi connectivity index (χ1n) is 8.41. The summed E-state index contributed by atoms with van der Waals surface area (Å²) in [6.07, 6.45) is 4.12. The minimum Gasteiger partial charge on any atom is -0.379 e. The Labute approximate surface area is 157 Å². The first-order chi connectivity index (χ1) is 12.6. The van der Waals surface area contributed by atoms with Gasteiger partial charge in [0.15, 0.2) is 5.82 Å². The monoisotopic (exact) mass is 373 g/mol. The Morgan fingerprint density at radius 1 is 1.46 bits per heavy atom. The first-order valence-corrected chi connectivity index (χ1v) is 8.79. The molecule has 1 aliphatic rings. The van der Waals surface area contributed by atoms with Gasteiger partial charge < -0.3 is 10.1 Å². The van der Waals surface area contributed by atoms with Crippen molar-refractivity contribution in [3.63, 3.8) is 0 Å². The second-order valence-corrected chi connectivity index (χ2v) is 6.39. The average Bonchev–Trinajstić information content (AvgIpc) is 3.37. The van der Waals surface area contributed by atoms with E-state index >= 15 is 0 Å². The van der Waals surface area contributed by atoms with Crippen molar-refractivity contribution in [3.8, 4) is 11.8 Å². The predicted octanol–water partition coefficient (Wildman–Crippen LogP) is 2.42. The van der Waals surface area contributed by atoms with Crippen LogP contribution in [0.25, 0.3) is 0 Å². The van der Waals surface area contributed by atoms with Gasteiger partial charge in [-0.05, 0) is 36.8 Å². The summed E-state index contributed by atoms with van der Waals surface area (Å²) in [5.41, 5.74) is 1.28. The first kappa shape index (κ1) is 18.2. The fourth-order valence-electron chi connectivity index (χ4n) is 2.19. The van der Waals surface area contributed by atoms with Gasteiger partial charge in [0.1, 0.15) is 10.8 Å². The molecule has 8 heteroatoms. The lowest BCUT2D eigenvalue weighted by atomic mass is 10.3. The fraction of sp³-hybridized carbons (Fsp3) is 0.389. The van der Waals surface area contributed by atoms with Crippen LogP contribution >= 0.6 is 11.6 Å². The van der Waals surface area contributed by atoms with Crippen LogP contribution in [0, 0.1) is 17.8 Å². The number of aromatic nitrogens is 3. The number of urea groups is 1. The van der Waals surface area contributed by atoms with Gasteiger partial charge in [0, 0.05) is 32.5 Å². The zero-order valence-electron chi connectivity index (χ0n) is 14.5. The molecule has 136 valence electrons. The van der Waals surface area contributed by atoms with E-state index in [0.29, 0.717) is 35.4 Å². The highest BCUT2D eigenvalue weighted by Gasteiger charge is 2.20. The van der Waals surface area contributed by atoms with E-state index < -0.39 is 0 Å². The van der Waals surface area contributed by atoms with Crippen molar-refractivity contribution < 1.29 is 9.53 Å². The molecule has 2 aromatic heterocycles. The van der Waals surface area contributed by atoms with Gasteiger partial charge in [-0.1, -0.05) is 17.5 Å². The summed E-state index contributed by atoms with van der Waals surface area (Å²) < 4.78 is 7.06. The number of amides is 2. The van der Waals surface area contributed by atoms with Crippen LogP contribution in [-0.4, -0.2) is 40.6 Å². The molecule has 0 atom stereocenters. The van der Waals surface area contributed by atoms with E-state index in [9.17, 15) is 4.79 Å². The van der Waals surface area contributed by atoms with Crippen molar-refractivity contribution in [1.82, 2.24) is 20.1 Å². The van der Waals surface area contributed by atoms with Gasteiger partial charge in [-0.15, -0.1) is 0 Å². The molecule has 7 nitrogen and oxygen atoms in total. The van der Waals surface area contributed by atoms with Gasteiger partial charge >= 0.3 is 6.03 Å². The van der Waals surface area contributed by atoms with Crippen molar-refractivity contribution >= 4 is 23.4 Å². The molecule has 0 radical (unpaired) electrons. The van der Waals surface area contributed by atoms with Crippen LogP contribution in [0.15, 0.2) is 24.4 Å². The van der Waals surface area contributed by atoms with Crippen molar-refractivity contribution in [2.75, 3.05) is 25.1 Å². The van der Waals surface area contributed by atoms with Crippen molar-refractivity contribution in [2.24, 2.45) is 13.0 Å². The van der Waals surface area contributed by atoms with E-state index in [4.69, 9.17) is 16.3 Å². The second kappa shape index (κ2) is 8.70. The lowest BCUT2D eigenvalue weighted by molar-refractivity contribution is 0.127. The highest BCUT2D eigenvalue weighted by atomic mass is 35.5. The minimum atomic E-state index is -0.326. The Kier molecular flexibility index (Phi) is 6.10. The largest absolute Gasteiger partial charge is 0.379 e. The maximum atomic E-state index is 11.9. The van der Waals surface area contributed by atoms with Gasteiger partial charge in [0.25, 0.3) is 0 Å². The SMILES string of the molecule is Cn1nc(NC(=O)NCCOCC2CC2)cc1C#Cc1cccnc1Cl. The Hall–Kier alpha value is -2.56. The number of nitrogens with zero attached hydrogens (tertiary/aromatic N) is 3. The zero-order chi connectivity index (χ0) is 18.4. The number of rotatable bonds is 6. The predicted molar refractivity (Wildman–Crippen MR) is 99.0 cm³/mol. The molecule has 1 saturated carbocycles. The highest BCUT2D eigenvalue weighted by Crippen LogP contribution is 2.28. The maximum Gasteiger partial charge on any atom is 0.320 e. The zero-order valence-corrected chi connectivity index (χ0v) is 15.2. The number of pyridine rings is 1. The molecule has 0 saturated heterocycles. The van der Waals surface area contributed by atoms with Crippen molar-refractivity contribution in [1.29, 1.82) is 0 Å². The van der Waals surface area contributed by atoms with Gasteiger partial charge in [-0.3, -0.25) is 10.00 Å². The molecular formula is C18H20ClN5O2. The van der Waals surface area contributed by atoms with E-state index in [-0.39, 0.29) is 6.03 Å².